The molecule has 2 aromatic rings. The molecule has 0 saturated carbocycles. The average Bonchev–Trinajstić information content (AvgIpc) is 2.29. The molecule has 0 fully saturated rings. The van der Waals surface area contributed by atoms with Gasteiger partial charge in [-0.15, -0.1) is 33.2 Å². The molecule has 0 bridgehead atoms. The van der Waals surface area contributed by atoms with E-state index < -0.39 is 6.00 Å². The Kier molecular flexibility index (Phi) is 4.16. The summed E-state index contributed by atoms with van der Waals surface area (Å²) >= 11 is 18.0. The van der Waals surface area contributed by atoms with Crippen LogP contribution in [0.2, 0.25) is 0 Å². The van der Waals surface area contributed by atoms with E-state index in [1.165, 1.54) is 0 Å². The van der Waals surface area contributed by atoms with Gasteiger partial charge in [-0.05, 0) is 16.7 Å². The summed E-state index contributed by atoms with van der Waals surface area (Å²) in [7, 11) is 0. The smallest absolute Gasteiger partial charge is 0.126 e. The lowest BCUT2D eigenvalue weighted by atomic mass is 10.0. The monoisotopic (exact) mass is 300 g/mol. The van der Waals surface area contributed by atoms with E-state index in [2.05, 4.69) is 18.2 Å². The van der Waals surface area contributed by atoms with Crippen LogP contribution in [0.3, 0.4) is 0 Å². The molecule has 4 heteroatoms. The van der Waals surface area contributed by atoms with Crippen LogP contribution in [-0.4, -0.2) is 6.00 Å². The van der Waals surface area contributed by atoms with Crippen molar-refractivity contribution in [2.24, 2.45) is 0 Å². The summed E-state index contributed by atoms with van der Waals surface area (Å²) in [5.41, 5.74) is 3.41. The standard InChI is InChI=1S/C13H11Cl3Si/c14-17(15,16)10-12-8-4-5-9-13(12)11-6-2-1-3-7-11/h1-9H,10H2. The van der Waals surface area contributed by atoms with E-state index in [4.69, 9.17) is 33.2 Å². The third-order valence-electron chi connectivity index (χ3n) is 2.49. The van der Waals surface area contributed by atoms with Crippen LogP contribution in [0, 0.1) is 0 Å². The lowest BCUT2D eigenvalue weighted by Gasteiger charge is -2.12. The van der Waals surface area contributed by atoms with E-state index in [9.17, 15) is 0 Å². The van der Waals surface area contributed by atoms with Crippen LogP contribution in [0.15, 0.2) is 54.6 Å². The minimum Gasteiger partial charge on any atom is -0.126 e. The van der Waals surface area contributed by atoms with Gasteiger partial charge >= 0.3 is 6.00 Å². The largest absolute Gasteiger partial charge is 0.345 e. The normalized spacial score (nSPS) is 11.5. The molecule has 0 nitrogen and oxygen atoms in total. The fraction of sp³-hybridized carbons (Fsp3) is 0.0769. The van der Waals surface area contributed by atoms with Gasteiger partial charge in [0.05, 0.1) is 0 Å². The van der Waals surface area contributed by atoms with Crippen molar-refractivity contribution in [1.29, 1.82) is 0 Å². The predicted molar refractivity (Wildman–Crippen MR) is 78.9 cm³/mol. The third kappa shape index (κ3) is 3.75. The Hall–Kier alpha value is -0.473. The van der Waals surface area contributed by atoms with Crippen molar-refractivity contribution in [2.75, 3.05) is 0 Å². The summed E-state index contributed by atoms with van der Waals surface area (Å²) in [5, 5.41) is 0. The van der Waals surface area contributed by atoms with Crippen LogP contribution in [0.1, 0.15) is 5.56 Å². The summed E-state index contributed by atoms with van der Waals surface area (Å²) in [6, 6.07) is 16.1. The first-order chi connectivity index (χ1) is 8.06. The van der Waals surface area contributed by atoms with Crippen molar-refractivity contribution < 1.29 is 0 Å². The van der Waals surface area contributed by atoms with Gasteiger partial charge in [0.1, 0.15) is 0 Å². The topological polar surface area (TPSA) is 0 Å². The minimum atomic E-state index is -2.65. The van der Waals surface area contributed by atoms with Gasteiger partial charge in [-0.1, -0.05) is 54.6 Å². The van der Waals surface area contributed by atoms with Crippen LogP contribution >= 0.6 is 33.2 Å². The Morgan fingerprint density at radius 2 is 1.35 bits per heavy atom. The first-order valence-corrected chi connectivity index (χ1v) is 10.5. The molecule has 17 heavy (non-hydrogen) atoms. The molecule has 0 aliphatic carbocycles. The maximum absolute atomic E-state index is 6.00. The van der Waals surface area contributed by atoms with E-state index in [0.29, 0.717) is 6.04 Å². The molecule has 0 N–H and O–H groups in total. The SMILES string of the molecule is Cl[Si](Cl)(Cl)Cc1ccccc1-c1ccccc1. The van der Waals surface area contributed by atoms with Crippen molar-refractivity contribution >= 4 is 39.2 Å². The van der Waals surface area contributed by atoms with E-state index in [1.807, 2.05) is 36.4 Å². The van der Waals surface area contributed by atoms with Gasteiger partial charge in [0.25, 0.3) is 0 Å². The first-order valence-electron chi connectivity index (χ1n) is 5.26. The number of halogens is 3. The van der Waals surface area contributed by atoms with Gasteiger partial charge in [0.15, 0.2) is 0 Å². The van der Waals surface area contributed by atoms with Crippen molar-refractivity contribution in [3.63, 3.8) is 0 Å². The average molecular weight is 302 g/mol. The van der Waals surface area contributed by atoms with Gasteiger partial charge in [0, 0.05) is 6.04 Å². The predicted octanol–water partition coefficient (Wildman–Crippen LogP) is 5.09. The van der Waals surface area contributed by atoms with Gasteiger partial charge in [-0.3, -0.25) is 0 Å². The molecule has 0 heterocycles. The molecule has 2 rings (SSSR count). The summed E-state index contributed by atoms with van der Waals surface area (Å²) in [6.45, 7) is 0. The highest BCUT2D eigenvalue weighted by atomic mass is 35.8. The van der Waals surface area contributed by atoms with Crippen molar-refractivity contribution in [3.8, 4) is 11.1 Å². The van der Waals surface area contributed by atoms with Crippen molar-refractivity contribution in [1.82, 2.24) is 0 Å². The second-order valence-electron chi connectivity index (χ2n) is 3.82. The molecule has 0 amide bonds. The highest BCUT2D eigenvalue weighted by Crippen LogP contribution is 2.30. The van der Waals surface area contributed by atoms with E-state index >= 15 is 0 Å². The molecular weight excluding hydrogens is 291 g/mol. The molecule has 0 spiro atoms. The molecule has 0 aliphatic heterocycles. The Morgan fingerprint density at radius 3 is 2.00 bits per heavy atom. The Morgan fingerprint density at radius 1 is 0.765 bits per heavy atom. The summed E-state index contributed by atoms with van der Waals surface area (Å²) in [4.78, 5) is 0. The quantitative estimate of drug-likeness (QED) is 0.547. The van der Waals surface area contributed by atoms with E-state index in [1.54, 1.807) is 0 Å². The van der Waals surface area contributed by atoms with Gasteiger partial charge in [-0.25, -0.2) is 0 Å². The van der Waals surface area contributed by atoms with Gasteiger partial charge < -0.3 is 0 Å². The second-order valence-corrected chi connectivity index (χ2v) is 12.9. The molecule has 0 radical (unpaired) electrons. The maximum atomic E-state index is 6.00. The summed E-state index contributed by atoms with van der Waals surface area (Å²) in [5.74, 6) is 0. The molecule has 2 aromatic carbocycles. The Balaban J connectivity index is 2.41. The second kappa shape index (κ2) is 5.45. The molecular formula is C13H11Cl3Si. The zero-order valence-electron chi connectivity index (χ0n) is 9.04. The molecule has 88 valence electrons. The highest BCUT2D eigenvalue weighted by molar-refractivity contribution is 7.64. The van der Waals surface area contributed by atoms with Crippen LogP contribution in [0.5, 0.6) is 0 Å². The highest BCUT2D eigenvalue weighted by Gasteiger charge is 2.26. The lowest BCUT2D eigenvalue weighted by Crippen LogP contribution is -2.14. The molecule has 0 aromatic heterocycles. The fourth-order valence-electron chi connectivity index (χ4n) is 1.79. The summed E-state index contributed by atoms with van der Waals surface area (Å²) in [6.07, 6.45) is 0. The fourth-order valence-corrected chi connectivity index (χ4v) is 3.83. The number of hydrogen-bond acceptors (Lipinski definition) is 0. The van der Waals surface area contributed by atoms with Crippen LogP contribution < -0.4 is 0 Å². The zero-order valence-corrected chi connectivity index (χ0v) is 12.3. The van der Waals surface area contributed by atoms with E-state index in [0.717, 1.165) is 16.7 Å². The molecule has 0 atom stereocenters. The van der Waals surface area contributed by atoms with Crippen LogP contribution in [0.4, 0.5) is 0 Å². The molecule has 0 unspecified atom stereocenters. The van der Waals surface area contributed by atoms with Crippen LogP contribution in [-0.2, 0) is 6.04 Å². The van der Waals surface area contributed by atoms with Gasteiger partial charge in [-0.2, -0.15) is 0 Å². The van der Waals surface area contributed by atoms with Gasteiger partial charge in [0.2, 0.25) is 0 Å². The van der Waals surface area contributed by atoms with Crippen LogP contribution in [0.25, 0.3) is 11.1 Å². The number of benzene rings is 2. The first kappa shape index (κ1) is 13.0. The minimum absolute atomic E-state index is 0.544. The third-order valence-corrected chi connectivity index (χ3v) is 4.48. The molecule has 0 aliphatic rings. The summed E-state index contributed by atoms with van der Waals surface area (Å²) < 4.78 is 0. The molecule has 0 saturated heterocycles. The maximum Gasteiger partial charge on any atom is 0.345 e. The number of rotatable bonds is 3. The zero-order chi connectivity index (χ0) is 12.3. The Labute approximate surface area is 116 Å². The Bertz CT molecular complexity index is 492. The van der Waals surface area contributed by atoms with Crippen molar-refractivity contribution in [2.45, 2.75) is 6.04 Å². The number of hydrogen-bond donors (Lipinski definition) is 0. The van der Waals surface area contributed by atoms with E-state index in [-0.39, 0.29) is 0 Å². The van der Waals surface area contributed by atoms with Crippen molar-refractivity contribution in [3.05, 3.63) is 60.2 Å². The lowest BCUT2D eigenvalue weighted by molar-refractivity contribution is 1.38.